The van der Waals surface area contributed by atoms with Gasteiger partial charge in [0.05, 0.1) is 5.75 Å². The summed E-state index contributed by atoms with van der Waals surface area (Å²) in [6, 6.07) is 9.54. The molecule has 22 heavy (non-hydrogen) atoms. The van der Waals surface area contributed by atoms with Crippen molar-refractivity contribution in [2.45, 2.75) is 13.8 Å². The van der Waals surface area contributed by atoms with E-state index in [1.165, 1.54) is 4.31 Å². The topological polar surface area (TPSA) is 62.3 Å². The van der Waals surface area contributed by atoms with Gasteiger partial charge in [0.2, 0.25) is 10.0 Å². The SMILES string of the molecule is CCN(CC)S(=O)(=O)CCNc1cc2ccccc2c(Cl)n1. The summed E-state index contributed by atoms with van der Waals surface area (Å²) in [6.07, 6.45) is 0. The van der Waals surface area contributed by atoms with Gasteiger partial charge in [-0.25, -0.2) is 17.7 Å². The maximum Gasteiger partial charge on any atom is 0.215 e. The van der Waals surface area contributed by atoms with Crippen molar-refractivity contribution in [3.05, 3.63) is 35.5 Å². The van der Waals surface area contributed by atoms with Crippen LogP contribution in [0.5, 0.6) is 0 Å². The molecule has 120 valence electrons. The van der Waals surface area contributed by atoms with Gasteiger partial charge in [0, 0.05) is 25.0 Å². The fourth-order valence-corrected chi connectivity index (χ4v) is 3.97. The molecule has 0 fully saturated rings. The van der Waals surface area contributed by atoms with E-state index in [2.05, 4.69) is 10.3 Å². The van der Waals surface area contributed by atoms with Gasteiger partial charge in [-0.05, 0) is 11.5 Å². The molecule has 7 heteroatoms. The molecular weight excluding hydrogens is 322 g/mol. The van der Waals surface area contributed by atoms with Gasteiger partial charge in [-0.3, -0.25) is 0 Å². The Morgan fingerprint density at radius 3 is 2.59 bits per heavy atom. The largest absolute Gasteiger partial charge is 0.369 e. The Balaban J connectivity index is 2.06. The van der Waals surface area contributed by atoms with Crippen LogP contribution in [-0.4, -0.2) is 43.1 Å². The number of aromatic nitrogens is 1. The molecule has 0 atom stereocenters. The minimum Gasteiger partial charge on any atom is -0.369 e. The number of halogens is 1. The summed E-state index contributed by atoms with van der Waals surface area (Å²) in [6.45, 7) is 4.93. The molecule has 0 saturated heterocycles. The molecule has 5 nitrogen and oxygen atoms in total. The highest BCUT2D eigenvalue weighted by Gasteiger charge is 2.18. The molecule has 0 aliphatic carbocycles. The molecule has 2 aromatic rings. The zero-order valence-electron chi connectivity index (χ0n) is 12.7. The number of nitrogens with zero attached hydrogens (tertiary/aromatic N) is 2. The highest BCUT2D eigenvalue weighted by Crippen LogP contribution is 2.24. The average Bonchev–Trinajstić information content (AvgIpc) is 2.48. The van der Waals surface area contributed by atoms with E-state index in [-0.39, 0.29) is 5.75 Å². The monoisotopic (exact) mass is 341 g/mol. The fourth-order valence-electron chi connectivity index (χ4n) is 2.30. The third kappa shape index (κ3) is 3.88. The molecule has 1 heterocycles. The second kappa shape index (κ2) is 7.26. The molecule has 1 N–H and O–H groups in total. The van der Waals surface area contributed by atoms with Gasteiger partial charge in [-0.15, -0.1) is 0 Å². The lowest BCUT2D eigenvalue weighted by atomic mass is 10.2. The van der Waals surface area contributed by atoms with E-state index in [0.29, 0.717) is 30.6 Å². The van der Waals surface area contributed by atoms with Gasteiger partial charge in [-0.1, -0.05) is 49.7 Å². The Morgan fingerprint density at radius 2 is 1.91 bits per heavy atom. The third-order valence-electron chi connectivity index (χ3n) is 3.46. The molecule has 0 unspecified atom stereocenters. The lowest BCUT2D eigenvalue weighted by molar-refractivity contribution is 0.446. The Kier molecular flexibility index (Phi) is 5.61. The van der Waals surface area contributed by atoms with Gasteiger partial charge < -0.3 is 5.32 Å². The van der Waals surface area contributed by atoms with Crippen molar-refractivity contribution in [2.75, 3.05) is 30.7 Å². The van der Waals surface area contributed by atoms with E-state index >= 15 is 0 Å². The van der Waals surface area contributed by atoms with Crippen molar-refractivity contribution in [3.8, 4) is 0 Å². The normalized spacial score (nSPS) is 12.0. The molecule has 0 saturated carbocycles. The third-order valence-corrected chi connectivity index (χ3v) is 5.77. The number of hydrogen-bond acceptors (Lipinski definition) is 4. The molecular formula is C15H20ClN3O2S. The second-order valence-corrected chi connectivity index (χ2v) is 7.29. The van der Waals surface area contributed by atoms with E-state index in [4.69, 9.17) is 11.6 Å². The van der Waals surface area contributed by atoms with Crippen molar-refractivity contribution in [2.24, 2.45) is 0 Å². The number of anilines is 1. The zero-order valence-corrected chi connectivity index (χ0v) is 14.3. The quantitative estimate of drug-likeness (QED) is 0.786. The standard InChI is InChI=1S/C15H20ClN3O2S/c1-3-19(4-2)22(20,21)10-9-17-14-11-12-7-5-6-8-13(12)15(16)18-14/h5-8,11H,3-4,9-10H2,1-2H3,(H,17,18). The zero-order chi connectivity index (χ0) is 16.2. The maximum atomic E-state index is 12.1. The second-order valence-electron chi connectivity index (χ2n) is 4.85. The van der Waals surface area contributed by atoms with Crippen LogP contribution in [0.1, 0.15) is 13.8 Å². The predicted octanol–water partition coefficient (Wildman–Crippen LogP) is 2.97. The molecule has 1 aromatic heterocycles. The summed E-state index contributed by atoms with van der Waals surface area (Å²) in [5, 5.41) is 5.29. The van der Waals surface area contributed by atoms with E-state index < -0.39 is 10.0 Å². The molecule has 0 bridgehead atoms. The lowest BCUT2D eigenvalue weighted by Gasteiger charge is -2.18. The summed E-state index contributed by atoms with van der Waals surface area (Å²) >= 11 is 6.15. The van der Waals surface area contributed by atoms with Crippen LogP contribution >= 0.6 is 11.6 Å². The number of sulfonamides is 1. The van der Waals surface area contributed by atoms with Gasteiger partial charge in [0.15, 0.2) is 0 Å². The Bertz CT molecular complexity index is 746. The molecule has 1 aromatic carbocycles. The first-order chi connectivity index (χ1) is 10.5. The first-order valence-electron chi connectivity index (χ1n) is 7.25. The van der Waals surface area contributed by atoms with Crippen LogP contribution in [0.25, 0.3) is 10.8 Å². The highest BCUT2D eigenvalue weighted by molar-refractivity contribution is 7.89. The van der Waals surface area contributed by atoms with Crippen molar-refractivity contribution in [1.82, 2.24) is 9.29 Å². The fraction of sp³-hybridized carbons (Fsp3) is 0.400. The van der Waals surface area contributed by atoms with Gasteiger partial charge in [-0.2, -0.15) is 0 Å². The summed E-state index contributed by atoms with van der Waals surface area (Å²) in [5.74, 6) is 0.610. The summed E-state index contributed by atoms with van der Waals surface area (Å²) < 4.78 is 25.7. The van der Waals surface area contributed by atoms with Crippen molar-refractivity contribution in [3.63, 3.8) is 0 Å². The predicted molar refractivity (Wildman–Crippen MR) is 92.0 cm³/mol. The van der Waals surface area contributed by atoms with Crippen LogP contribution in [0.15, 0.2) is 30.3 Å². The molecule has 0 aliphatic heterocycles. The number of benzene rings is 1. The Hall–Kier alpha value is -1.37. The number of fused-ring (bicyclic) bond motifs is 1. The molecule has 0 spiro atoms. The summed E-state index contributed by atoms with van der Waals surface area (Å²) in [7, 11) is -3.24. The van der Waals surface area contributed by atoms with Crippen LogP contribution < -0.4 is 5.32 Å². The lowest BCUT2D eigenvalue weighted by Crippen LogP contribution is -2.34. The Morgan fingerprint density at radius 1 is 1.23 bits per heavy atom. The maximum absolute atomic E-state index is 12.1. The van der Waals surface area contributed by atoms with Crippen LogP contribution in [0.3, 0.4) is 0 Å². The Labute approximate surface area is 136 Å². The minimum atomic E-state index is -3.24. The summed E-state index contributed by atoms with van der Waals surface area (Å²) in [4.78, 5) is 4.25. The van der Waals surface area contributed by atoms with Crippen molar-refractivity contribution < 1.29 is 8.42 Å². The summed E-state index contributed by atoms with van der Waals surface area (Å²) in [5.41, 5.74) is 0. The van der Waals surface area contributed by atoms with E-state index in [9.17, 15) is 8.42 Å². The van der Waals surface area contributed by atoms with Gasteiger partial charge >= 0.3 is 0 Å². The van der Waals surface area contributed by atoms with Gasteiger partial charge in [0.25, 0.3) is 0 Å². The molecule has 0 amide bonds. The van der Waals surface area contributed by atoms with Crippen LogP contribution in [0, 0.1) is 0 Å². The first-order valence-corrected chi connectivity index (χ1v) is 9.23. The average molecular weight is 342 g/mol. The van der Waals surface area contributed by atoms with Crippen LogP contribution in [0.4, 0.5) is 5.82 Å². The van der Waals surface area contributed by atoms with Gasteiger partial charge in [0.1, 0.15) is 11.0 Å². The van der Waals surface area contributed by atoms with Crippen molar-refractivity contribution in [1.29, 1.82) is 0 Å². The van der Waals surface area contributed by atoms with E-state index in [0.717, 1.165) is 10.8 Å². The molecule has 2 rings (SSSR count). The number of rotatable bonds is 7. The number of hydrogen-bond donors (Lipinski definition) is 1. The number of pyridine rings is 1. The van der Waals surface area contributed by atoms with Crippen LogP contribution in [-0.2, 0) is 10.0 Å². The van der Waals surface area contributed by atoms with Crippen LogP contribution in [0.2, 0.25) is 5.15 Å². The van der Waals surface area contributed by atoms with Crippen molar-refractivity contribution >= 4 is 38.2 Å². The number of nitrogens with one attached hydrogen (secondary N) is 1. The highest BCUT2D eigenvalue weighted by atomic mass is 35.5. The minimum absolute atomic E-state index is 0.0286. The molecule has 0 radical (unpaired) electrons. The van der Waals surface area contributed by atoms with E-state index in [1.807, 2.05) is 44.2 Å². The van der Waals surface area contributed by atoms with E-state index in [1.54, 1.807) is 0 Å². The first kappa shape index (κ1) is 17.0. The molecule has 0 aliphatic rings. The smallest absolute Gasteiger partial charge is 0.215 e.